The Labute approximate surface area is 255 Å². The van der Waals surface area contributed by atoms with Crippen molar-refractivity contribution in [3.05, 3.63) is 107 Å². The molecular formula is C38H45F3N2. The summed E-state index contributed by atoms with van der Waals surface area (Å²) in [6.45, 7) is 17.4. The lowest BCUT2D eigenvalue weighted by atomic mass is 9.89. The van der Waals surface area contributed by atoms with Crippen LogP contribution in [-0.2, 0) is 5.67 Å². The number of alkyl halides is 1. The van der Waals surface area contributed by atoms with Crippen molar-refractivity contribution >= 4 is 10.8 Å². The molecule has 0 aliphatic rings. The van der Waals surface area contributed by atoms with Crippen LogP contribution in [0.1, 0.15) is 83.1 Å². The number of rotatable bonds is 6. The Bertz CT molecular complexity index is 1650. The van der Waals surface area contributed by atoms with Crippen LogP contribution in [0.15, 0.2) is 72.9 Å². The summed E-state index contributed by atoms with van der Waals surface area (Å²) >= 11 is 0. The molecule has 5 rings (SSSR count). The maximum absolute atomic E-state index is 15.8. The summed E-state index contributed by atoms with van der Waals surface area (Å²) in [6.07, 6.45) is 4.57. The molecule has 0 bridgehead atoms. The number of imidazole rings is 1. The number of benzene rings is 4. The number of unbranched alkanes of at least 4 members (excludes halogenated alkanes) is 1. The first-order chi connectivity index (χ1) is 20.5. The van der Waals surface area contributed by atoms with Crippen molar-refractivity contribution in [3.8, 4) is 28.3 Å². The van der Waals surface area contributed by atoms with Gasteiger partial charge in [0.15, 0.2) is 0 Å². The van der Waals surface area contributed by atoms with Gasteiger partial charge in [0.05, 0.1) is 16.9 Å². The Morgan fingerprint density at radius 2 is 1.42 bits per heavy atom. The molecule has 1 atom stereocenters. The highest BCUT2D eigenvalue weighted by molar-refractivity contribution is 5.96. The Morgan fingerprint density at radius 1 is 0.814 bits per heavy atom. The summed E-state index contributed by atoms with van der Waals surface area (Å²) in [5.41, 5.74) is 3.36. The minimum atomic E-state index is -1.95. The van der Waals surface area contributed by atoms with Crippen LogP contribution in [0.2, 0.25) is 0 Å². The predicted octanol–water partition coefficient (Wildman–Crippen LogP) is 12.0. The normalized spacial score (nSPS) is 12.2. The van der Waals surface area contributed by atoms with E-state index in [0.717, 1.165) is 50.8 Å². The quantitative estimate of drug-likeness (QED) is 0.193. The van der Waals surface area contributed by atoms with E-state index < -0.39 is 17.3 Å². The smallest absolute Gasteiger partial charge is 0.148 e. The Hall–Kier alpha value is -3.86. The number of halogens is 3. The van der Waals surface area contributed by atoms with Gasteiger partial charge in [0.2, 0.25) is 0 Å². The molecule has 2 nitrogen and oxygen atoms in total. The summed E-state index contributed by atoms with van der Waals surface area (Å²) in [6, 6.07) is 19.9. The zero-order valence-corrected chi connectivity index (χ0v) is 27.1. The monoisotopic (exact) mass is 586 g/mol. The molecule has 228 valence electrons. The van der Waals surface area contributed by atoms with Crippen LogP contribution >= 0.6 is 0 Å². The van der Waals surface area contributed by atoms with Crippen LogP contribution in [0.3, 0.4) is 0 Å². The fraction of sp³-hybridized carbons (Fsp3) is 0.342. The first kappa shape index (κ1) is 33.6. The van der Waals surface area contributed by atoms with Crippen LogP contribution in [0.25, 0.3) is 39.1 Å². The van der Waals surface area contributed by atoms with Crippen molar-refractivity contribution in [2.75, 3.05) is 0 Å². The summed E-state index contributed by atoms with van der Waals surface area (Å²) in [5.74, 6) is -1.42. The van der Waals surface area contributed by atoms with Gasteiger partial charge in [0.1, 0.15) is 23.1 Å². The largest absolute Gasteiger partial charge is 0.299 e. The van der Waals surface area contributed by atoms with Gasteiger partial charge in [-0.15, -0.1) is 0 Å². The number of fused-ring (bicyclic) bond motifs is 1. The SMILES string of the molecule is CC.CCC(C)(F)c1cc(F)cc(F)c1-c1nc(-c2cccc3ccccc23)cn1-c1c(C)cc(C)cc1C.CCCC. The van der Waals surface area contributed by atoms with Crippen LogP contribution in [-0.4, -0.2) is 9.55 Å². The molecule has 0 saturated carbocycles. The molecule has 0 radical (unpaired) electrons. The summed E-state index contributed by atoms with van der Waals surface area (Å²) < 4.78 is 47.6. The molecule has 5 aromatic rings. The lowest BCUT2D eigenvalue weighted by Gasteiger charge is -2.23. The minimum Gasteiger partial charge on any atom is -0.299 e. The molecule has 5 heteroatoms. The molecular weight excluding hydrogens is 541 g/mol. The van der Waals surface area contributed by atoms with Crippen LogP contribution in [0.4, 0.5) is 13.2 Å². The van der Waals surface area contributed by atoms with Gasteiger partial charge in [-0.05, 0) is 62.1 Å². The van der Waals surface area contributed by atoms with Gasteiger partial charge in [0, 0.05) is 23.4 Å². The Kier molecular flexibility index (Phi) is 11.4. The molecule has 0 saturated heterocycles. The molecule has 1 aromatic heterocycles. The standard InChI is InChI=1S/C32H29F3N2.C4H10.C2H6/c1-6-32(5,35)26-16-23(33)17-27(34)29(26)31-36-28(25-13-9-11-22-10-7-8-12-24(22)25)18-37(31)30-20(3)14-19(2)15-21(30)4;1-3-4-2;1-2/h7-18H,6H2,1-5H3;3-4H2,1-2H3;1-2H3. The van der Waals surface area contributed by atoms with Crippen molar-refractivity contribution in [2.24, 2.45) is 0 Å². The molecule has 1 unspecified atom stereocenters. The molecule has 43 heavy (non-hydrogen) atoms. The van der Waals surface area contributed by atoms with E-state index in [1.54, 1.807) is 6.92 Å². The average molecular weight is 587 g/mol. The first-order valence-corrected chi connectivity index (χ1v) is 15.4. The van der Waals surface area contributed by atoms with Crippen molar-refractivity contribution in [1.29, 1.82) is 0 Å². The van der Waals surface area contributed by atoms with E-state index in [-0.39, 0.29) is 23.4 Å². The highest BCUT2D eigenvalue weighted by Crippen LogP contribution is 2.41. The third-order valence-electron chi connectivity index (χ3n) is 7.65. The third-order valence-corrected chi connectivity index (χ3v) is 7.65. The van der Waals surface area contributed by atoms with Crippen LogP contribution in [0, 0.1) is 32.4 Å². The zero-order chi connectivity index (χ0) is 31.9. The van der Waals surface area contributed by atoms with E-state index in [9.17, 15) is 4.39 Å². The van der Waals surface area contributed by atoms with Crippen molar-refractivity contribution in [1.82, 2.24) is 9.55 Å². The fourth-order valence-corrected chi connectivity index (χ4v) is 5.26. The van der Waals surface area contributed by atoms with Gasteiger partial charge in [-0.2, -0.15) is 0 Å². The van der Waals surface area contributed by atoms with Crippen molar-refractivity contribution in [3.63, 3.8) is 0 Å². The van der Waals surface area contributed by atoms with E-state index in [0.29, 0.717) is 5.69 Å². The molecule has 0 amide bonds. The number of hydrogen-bond acceptors (Lipinski definition) is 1. The highest BCUT2D eigenvalue weighted by atomic mass is 19.1. The number of nitrogens with zero attached hydrogens (tertiary/aromatic N) is 2. The second kappa shape index (κ2) is 14.5. The Balaban J connectivity index is 0.000000780. The van der Waals surface area contributed by atoms with Crippen molar-refractivity contribution in [2.45, 2.75) is 87.2 Å². The van der Waals surface area contributed by atoms with Gasteiger partial charge >= 0.3 is 0 Å². The Morgan fingerprint density at radius 3 is 2.02 bits per heavy atom. The molecule has 0 fully saturated rings. The van der Waals surface area contributed by atoms with Crippen molar-refractivity contribution < 1.29 is 13.2 Å². The molecule has 4 aromatic carbocycles. The predicted molar refractivity (Wildman–Crippen MR) is 177 cm³/mol. The van der Waals surface area contributed by atoms with Gasteiger partial charge in [-0.3, -0.25) is 4.57 Å². The van der Waals surface area contributed by atoms with Crippen LogP contribution < -0.4 is 0 Å². The van der Waals surface area contributed by atoms with Gasteiger partial charge in [-0.25, -0.2) is 18.2 Å². The minimum absolute atomic E-state index is 0.0286. The average Bonchev–Trinajstić information content (AvgIpc) is 3.41. The molecule has 0 N–H and O–H groups in total. The van der Waals surface area contributed by atoms with Gasteiger partial charge in [-0.1, -0.05) is 108 Å². The summed E-state index contributed by atoms with van der Waals surface area (Å²) in [4.78, 5) is 4.91. The second-order valence-corrected chi connectivity index (χ2v) is 11.0. The van der Waals surface area contributed by atoms with E-state index in [1.165, 1.54) is 19.8 Å². The van der Waals surface area contributed by atoms with E-state index >= 15 is 8.78 Å². The maximum Gasteiger partial charge on any atom is 0.148 e. The van der Waals surface area contributed by atoms with E-state index in [1.807, 2.05) is 87.8 Å². The topological polar surface area (TPSA) is 17.8 Å². The first-order valence-electron chi connectivity index (χ1n) is 15.4. The number of aromatic nitrogens is 2. The van der Waals surface area contributed by atoms with Gasteiger partial charge in [0.25, 0.3) is 0 Å². The van der Waals surface area contributed by atoms with Crippen LogP contribution in [0.5, 0.6) is 0 Å². The second-order valence-electron chi connectivity index (χ2n) is 11.0. The van der Waals surface area contributed by atoms with Gasteiger partial charge < -0.3 is 0 Å². The number of aryl methyl sites for hydroxylation is 3. The van der Waals surface area contributed by atoms with E-state index in [4.69, 9.17) is 4.98 Å². The molecule has 0 aliphatic carbocycles. The zero-order valence-electron chi connectivity index (χ0n) is 27.1. The summed E-state index contributed by atoms with van der Waals surface area (Å²) in [5, 5.41) is 2.05. The maximum atomic E-state index is 15.8. The van der Waals surface area contributed by atoms with E-state index in [2.05, 4.69) is 26.0 Å². The number of hydrogen-bond donors (Lipinski definition) is 0. The molecule has 1 heterocycles. The highest BCUT2D eigenvalue weighted by Gasteiger charge is 2.32. The molecule has 0 spiro atoms. The summed E-state index contributed by atoms with van der Waals surface area (Å²) in [7, 11) is 0. The third kappa shape index (κ3) is 7.21. The fourth-order valence-electron chi connectivity index (χ4n) is 5.26. The lowest BCUT2D eigenvalue weighted by Crippen LogP contribution is -2.17. The lowest BCUT2D eigenvalue weighted by molar-refractivity contribution is 0.185. The molecule has 0 aliphatic heterocycles.